The number of rotatable bonds is 15. The minimum absolute atomic E-state index is 0.0893. The third kappa shape index (κ3) is 11.9. The molecule has 166 valence electrons. The van der Waals surface area contributed by atoms with Gasteiger partial charge in [-0.25, -0.2) is 4.79 Å². The molecule has 0 saturated heterocycles. The van der Waals surface area contributed by atoms with E-state index in [1.807, 2.05) is 0 Å². The number of thiol groups is 1. The van der Waals surface area contributed by atoms with Crippen LogP contribution in [0.5, 0.6) is 0 Å². The molecular weight excluding hydrogens is 406 g/mol. The first kappa shape index (κ1) is 26.6. The van der Waals surface area contributed by atoms with Crippen molar-refractivity contribution in [1.29, 1.82) is 0 Å². The Labute approximate surface area is 173 Å². The standard InChI is InChI=1S/C16H29N5O7S/c17-6-2-1-3-9(18)14(25)21-10(16(27)28)4-5-12(22)20-11(8-29)15(26)19-7-13(23)24/h9-11,29H,1-8,17-18H2,(H,19,26)(H,20,22)(H,21,25)(H,23,24)(H,27,28)/t9-,10-,11-/m0/s1. The Bertz CT molecular complexity index is 590. The van der Waals surface area contributed by atoms with Gasteiger partial charge in [0.05, 0.1) is 6.04 Å². The highest BCUT2D eigenvalue weighted by atomic mass is 32.1. The number of nitrogens with two attached hydrogens (primary N) is 2. The molecule has 0 heterocycles. The second-order valence-corrected chi connectivity index (χ2v) is 6.61. The van der Waals surface area contributed by atoms with Crippen molar-refractivity contribution in [3.63, 3.8) is 0 Å². The number of carboxylic acid groups (broad SMARTS) is 2. The van der Waals surface area contributed by atoms with Crippen LogP contribution in [0.25, 0.3) is 0 Å². The van der Waals surface area contributed by atoms with Crippen molar-refractivity contribution >= 4 is 42.3 Å². The van der Waals surface area contributed by atoms with E-state index in [0.717, 1.165) is 0 Å². The van der Waals surface area contributed by atoms with Crippen molar-refractivity contribution < 1.29 is 34.2 Å². The van der Waals surface area contributed by atoms with Gasteiger partial charge in [0.1, 0.15) is 18.6 Å². The number of amides is 3. The van der Waals surface area contributed by atoms with E-state index < -0.39 is 54.3 Å². The maximum absolute atomic E-state index is 12.0. The van der Waals surface area contributed by atoms with E-state index in [1.54, 1.807) is 0 Å². The number of hydrogen-bond acceptors (Lipinski definition) is 8. The summed E-state index contributed by atoms with van der Waals surface area (Å²) in [6.45, 7) is -0.152. The first-order valence-electron chi connectivity index (χ1n) is 9.00. The lowest BCUT2D eigenvalue weighted by molar-refractivity contribution is -0.142. The molecule has 29 heavy (non-hydrogen) atoms. The Hall–Kier alpha value is -2.38. The van der Waals surface area contributed by atoms with Gasteiger partial charge in [-0.3, -0.25) is 19.2 Å². The fourth-order valence-electron chi connectivity index (χ4n) is 2.20. The number of unbranched alkanes of at least 4 members (excludes halogenated alkanes) is 1. The summed E-state index contributed by atoms with van der Waals surface area (Å²) < 4.78 is 0. The van der Waals surface area contributed by atoms with Crippen LogP contribution < -0.4 is 27.4 Å². The highest BCUT2D eigenvalue weighted by molar-refractivity contribution is 7.80. The SMILES string of the molecule is NCCCC[C@H](N)C(=O)N[C@@H](CCC(=O)N[C@@H](CS)C(=O)NCC(=O)O)C(=O)O. The Balaban J connectivity index is 4.57. The summed E-state index contributed by atoms with van der Waals surface area (Å²) >= 11 is 3.92. The zero-order chi connectivity index (χ0) is 22.4. The molecule has 0 rings (SSSR count). The van der Waals surface area contributed by atoms with Crippen LogP contribution in [0.1, 0.15) is 32.1 Å². The van der Waals surface area contributed by atoms with Gasteiger partial charge >= 0.3 is 11.9 Å². The Morgan fingerprint density at radius 1 is 0.931 bits per heavy atom. The second-order valence-electron chi connectivity index (χ2n) is 6.24. The van der Waals surface area contributed by atoms with Gasteiger partial charge in [0.15, 0.2) is 0 Å². The van der Waals surface area contributed by atoms with Crippen molar-refractivity contribution in [3.05, 3.63) is 0 Å². The molecule has 0 bridgehead atoms. The van der Waals surface area contributed by atoms with E-state index in [2.05, 4.69) is 28.6 Å². The van der Waals surface area contributed by atoms with Crippen LogP contribution in [0.3, 0.4) is 0 Å². The lowest BCUT2D eigenvalue weighted by Crippen LogP contribution is -2.50. The smallest absolute Gasteiger partial charge is 0.326 e. The topological polar surface area (TPSA) is 214 Å². The lowest BCUT2D eigenvalue weighted by atomic mass is 10.1. The summed E-state index contributed by atoms with van der Waals surface area (Å²) in [5, 5.41) is 24.5. The molecule has 0 fully saturated rings. The Morgan fingerprint density at radius 2 is 1.59 bits per heavy atom. The van der Waals surface area contributed by atoms with Crippen molar-refractivity contribution in [2.75, 3.05) is 18.8 Å². The van der Waals surface area contributed by atoms with E-state index in [-0.39, 0.29) is 18.6 Å². The molecule has 0 spiro atoms. The average Bonchev–Trinajstić information content (AvgIpc) is 2.66. The highest BCUT2D eigenvalue weighted by Crippen LogP contribution is 2.03. The fraction of sp³-hybridized carbons (Fsp3) is 0.688. The number of nitrogens with one attached hydrogen (secondary N) is 3. The monoisotopic (exact) mass is 435 g/mol. The number of aliphatic carboxylic acids is 2. The second kappa shape index (κ2) is 14.6. The molecule has 3 atom stereocenters. The highest BCUT2D eigenvalue weighted by Gasteiger charge is 2.25. The molecule has 0 aliphatic rings. The van der Waals surface area contributed by atoms with Crippen molar-refractivity contribution in [3.8, 4) is 0 Å². The first-order valence-corrected chi connectivity index (χ1v) is 9.64. The molecule has 0 unspecified atom stereocenters. The molecule has 3 amide bonds. The van der Waals surface area contributed by atoms with Crippen molar-refractivity contribution in [2.24, 2.45) is 11.5 Å². The van der Waals surface area contributed by atoms with Crippen molar-refractivity contribution in [1.82, 2.24) is 16.0 Å². The molecule has 0 aromatic rings. The maximum atomic E-state index is 12.0. The van der Waals surface area contributed by atoms with Gasteiger partial charge in [0, 0.05) is 12.2 Å². The fourth-order valence-corrected chi connectivity index (χ4v) is 2.45. The van der Waals surface area contributed by atoms with E-state index in [4.69, 9.17) is 16.6 Å². The number of carboxylic acids is 2. The van der Waals surface area contributed by atoms with Gasteiger partial charge in [0.2, 0.25) is 17.7 Å². The van der Waals surface area contributed by atoms with E-state index in [1.165, 1.54) is 0 Å². The van der Waals surface area contributed by atoms with E-state index in [0.29, 0.717) is 25.8 Å². The maximum Gasteiger partial charge on any atom is 0.326 e. The quantitative estimate of drug-likeness (QED) is 0.0998. The molecule has 12 nitrogen and oxygen atoms in total. The summed E-state index contributed by atoms with van der Waals surface area (Å²) in [6.07, 6.45) is 1.15. The predicted octanol–water partition coefficient (Wildman–Crippen LogP) is -2.59. The summed E-state index contributed by atoms with van der Waals surface area (Å²) in [4.78, 5) is 57.6. The molecule has 13 heteroatoms. The van der Waals surface area contributed by atoms with Gasteiger partial charge in [-0.1, -0.05) is 6.42 Å². The molecular formula is C16H29N5O7S. The summed E-state index contributed by atoms with van der Waals surface area (Å²) in [6, 6.07) is -3.30. The van der Waals surface area contributed by atoms with Gasteiger partial charge in [-0.2, -0.15) is 12.6 Å². The minimum Gasteiger partial charge on any atom is -0.480 e. The van der Waals surface area contributed by atoms with Gasteiger partial charge in [-0.15, -0.1) is 0 Å². The van der Waals surface area contributed by atoms with Crippen molar-refractivity contribution in [2.45, 2.75) is 50.2 Å². The normalized spacial score (nSPS) is 13.6. The summed E-state index contributed by atoms with van der Waals surface area (Å²) in [5.41, 5.74) is 11.1. The molecule has 0 aliphatic carbocycles. The molecule has 0 saturated carbocycles. The van der Waals surface area contributed by atoms with Gasteiger partial charge < -0.3 is 37.6 Å². The van der Waals surface area contributed by atoms with Crippen LogP contribution in [0, 0.1) is 0 Å². The van der Waals surface area contributed by atoms with Crippen LogP contribution in [-0.2, 0) is 24.0 Å². The third-order valence-electron chi connectivity index (χ3n) is 3.83. The van der Waals surface area contributed by atoms with Gasteiger partial charge in [0.25, 0.3) is 0 Å². The largest absolute Gasteiger partial charge is 0.480 e. The lowest BCUT2D eigenvalue weighted by Gasteiger charge is -2.19. The number of hydrogen-bond donors (Lipinski definition) is 8. The average molecular weight is 436 g/mol. The molecule has 0 aliphatic heterocycles. The third-order valence-corrected chi connectivity index (χ3v) is 4.19. The molecule has 0 radical (unpaired) electrons. The zero-order valence-electron chi connectivity index (χ0n) is 15.9. The van der Waals surface area contributed by atoms with Gasteiger partial charge in [-0.05, 0) is 25.8 Å². The van der Waals surface area contributed by atoms with Crippen LogP contribution in [-0.4, -0.2) is 76.8 Å². The van der Waals surface area contributed by atoms with Crippen LogP contribution in [0.2, 0.25) is 0 Å². The summed E-state index contributed by atoms with van der Waals surface area (Å²) in [5.74, 6) is -4.69. The number of carbonyl (C=O) groups is 5. The zero-order valence-corrected chi connectivity index (χ0v) is 16.8. The van der Waals surface area contributed by atoms with Crippen LogP contribution in [0.4, 0.5) is 0 Å². The van der Waals surface area contributed by atoms with Crippen LogP contribution >= 0.6 is 12.6 Å². The Morgan fingerprint density at radius 3 is 2.10 bits per heavy atom. The predicted molar refractivity (Wildman–Crippen MR) is 106 cm³/mol. The Kier molecular flexibility index (Phi) is 13.4. The van der Waals surface area contributed by atoms with E-state index >= 15 is 0 Å². The molecule has 9 N–H and O–H groups in total. The first-order chi connectivity index (χ1) is 13.6. The number of carbonyl (C=O) groups excluding carboxylic acids is 3. The van der Waals surface area contributed by atoms with Crippen LogP contribution in [0.15, 0.2) is 0 Å². The molecule has 0 aromatic carbocycles. The minimum atomic E-state index is -1.33. The van der Waals surface area contributed by atoms with E-state index in [9.17, 15) is 29.1 Å². The molecule has 0 aromatic heterocycles. The summed E-state index contributed by atoms with van der Waals surface area (Å²) in [7, 11) is 0.